The SMILES string of the molecule is c1ccc(-c2ccc3ccc4ccc(-c5cccc(-c6cc(-c7ccccc7)c7ccc8ccc(-c9ccccc9)nc8c7n6)c5)nc4c3n2)cc1. The van der Waals surface area contributed by atoms with Gasteiger partial charge in [0.05, 0.1) is 44.8 Å². The second-order valence-corrected chi connectivity index (χ2v) is 13.1. The molecule has 0 aliphatic carbocycles. The van der Waals surface area contributed by atoms with Crippen LogP contribution in [0.2, 0.25) is 0 Å². The monoisotopic (exact) mass is 662 g/mol. The van der Waals surface area contributed by atoms with Crippen molar-refractivity contribution in [3.63, 3.8) is 0 Å². The van der Waals surface area contributed by atoms with Crippen molar-refractivity contribution in [3.8, 4) is 56.2 Å². The lowest BCUT2D eigenvalue weighted by Crippen LogP contribution is -1.94. The third-order valence-electron chi connectivity index (χ3n) is 9.84. The summed E-state index contributed by atoms with van der Waals surface area (Å²) in [6.45, 7) is 0. The molecule has 52 heavy (non-hydrogen) atoms. The van der Waals surface area contributed by atoms with Crippen molar-refractivity contribution in [1.29, 1.82) is 0 Å². The normalized spacial score (nSPS) is 11.5. The zero-order valence-electron chi connectivity index (χ0n) is 28.1. The zero-order chi connectivity index (χ0) is 34.4. The molecule has 0 saturated heterocycles. The molecule has 6 aromatic carbocycles. The molecule has 10 aromatic rings. The standard InChI is InChI=1S/C48H30N4/c1-4-11-31(12-5-1)40-30-44(52-48-39(40)25-21-36-23-27-42(50-47(36)48)33-15-8-3-9-16-33)38-18-10-17-37(29-38)43-28-24-35-20-19-34-22-26-41(32-13-6-2-7-14-32)49-45(34)46(35)51-43/h1-30H. The molecule has 4 heterocycles. The van der Waals surface area contributed by atoms with Crippen molar-refractivity contribution < 1.29 is 0 Å². The van der Waals surface area contributed by atoms with E-state index in [0.29, 0.717) is 0 Å². The van der Waals surface area contributed by atoms with Gasteiger partial charge in [0.25, 0.3) is 0 Å². The minimum atomic E-state index is 0.882. The van der Waals surface area contributed by atoms with Gasteiger partial charge < -0.3 is 0 Å². The molecule has 0 N–H and O–H groups in total. The molecule has 0 aliphatic rings. The molecular formula is C48H30N4. The van der Waals surface area contributed by atoms with E-state index in [9.17, 15) is 0 Å². The van der Waals surface area contributed by atoms with Crippen LogP contribution in [0.3, 0.4) is 0 Å². The summed E-state index contributed by atoms with van der Waals surface area (Å²) in [5.74, 6) is 0. The first kappa shape index (κ1) is 29.8. The van der Waals surface area contributed by atoms with Crippen LogP contribution in [0.25, 0.3) is 99.8 Å². The summed E-state index contributed by atoms with van der Waals surface area (Å²) < 4.78 is 0. The first-order valence-electron chi connectivity index (χ1n) is 17.5. The van der Waals surface area contributed by atoms with Crippen LogP contribution >= 0.6 is 0 Å². The molecular weight excluding hydrogens is 633 g/mol. The molecule has 4 heteroatoms. The minimum Gasteiger partial charge on any atom is -0.245 e. The van der Waals surface area contributed by atoms with E-state index in [1.54, 1.807) is 0 Å². The van der Waals surface area contributed by atoms with Crippen LogP contribution in [0, 0.1) is 0 Å². The van der Waals surface area contributed by atoms with Crippen LogP contribution in [-0.4, -0.2) is 19.9 Å². The van der Waals surface area contributed by atoms with Gasteiger partial charge in [-0.05, 0) is 41.5 Å². The van der Waals surface area contributed by atoms with Gasteiger partial charge in [0.2, 0.25) is 0 Å². The van der Waals surface area contributed by atoms with E-state index in [0.717, 1.165) is 99.8 Å². The van der Waals surface area contributed by atoms with Gasteiger partial charge in [0.15, 0.2) is 0 Å². The van der Waals surface area contributed by atoms with Crippen molar-refractivity contribution in [2.24, 2.45) is 0 Å². The fourth-order valence-corrected chi connectivity index (χ4v) is 7.18. The van der Waals surface area contributed by atoms with Crippen LogP contribution in [0.5, 0.6) is 0 Å². The van der Waals surface area contributed by atoms with Crippen molar-refractivity contribution in [3.05, 3.63) is 182 Å². The summed E-state index contributed by atoms with van der Waals surface area (Å²) in [6, 6.07) is 63.2. The topological polar surface area (TPSA) is 51.6 Å². The van der Waals surface area contributed by atoms with Crippen molar-refractivity contribution in [2.75, 3.05) is 0 Å². The van der Waals surface area contributed by atoms with Gasteiger partial charge in [-0.3, -0.25) is 0 Å². The number of nitrogens with zero attached hydrogens (tertiary/aromatic N) is 4. The fraction of sp³-hybridized carbons (Fsp3) is 0. The first-order valence-corrected chi connectivity index (χ1v) is 17.5. The smallest absolute Gasteiger partial charge is 0.0978 e. The second kappa shape index (κ2) is 12.4. The Kier molecular flexibility index (Phi) is 7.10. The van der Waals surface area contributed by atoms with Gasteiger partial charge in [-0.1, -0.05) is 152 Å². The average molecular weight is 663 g/mol. The number of aromatic nitrogens is 4. The quantitative estimate of drug-likeness (QED) is 0.172. The Morgan fingerprint density at radius 2 is 0.635 bits per heavy atom. The van der Waals surface area contributed by atoms with E-state index >= 15 is 0 Å². The van der Waals surface area contributed by atoms with Gasteiger partial charge in [-0.2, -0.15) is 0 Å². The number of fused-ring (bicyclic) bond motifs is 6. The molecule has 0 bridgehead atoms. The average Bonchev–Trinajstić information content (AvgIpc) is 3.23. The van der Waals surface area contributed by atoms with Crippen LogP contribution in [0.4, 0.5) is 0 Å². The van der Waals surface area contributed by atoms with Gasteiger partial charge in [-0.15, -0.1) is 0 Å². The van der Waals surface area contributed by atoms with Gasteiger partial charge in [0.1, 0.15) is 0 Å². The molecule has 0 fully saturated rings. The molecule has 0 saturated carbocycles. The Balaban J connectivity index is 1.14. The van der Waals surface area contributed by atoms with E-state index < -0.39 is 0 Å². The van der Waals surface area contributed by atoms with E-state index in [1.165, 1.54) is 0 Å². The summed E-state index contributed by atoms with van der Waals surface area (Å²) in [5.41, 5.74) is 13.6. The van der Waals surface area contributed by atoms with Gasteiger partial charge >= 0.3 is 0 Å². The van der Waals surface area contributed by atoms with E-state index in [-0.39, 0.29) is 0 Å². The van der Waals surface area contributed by atoms with Gasteiger partial charge in [-0.25, -0.2) is 19.9 Å². The molecule has 4 aromatic heterocycles. The molecule has 0 atom stereocenters. The summed E-state index contributed by atoms with van der Waals surface area (Å²) in [4.78, 5) is 20.9. The molecule has 4 nitrogen and oxygen atoms in total. The highest BCUT2D eigenvalue weighted by Gasteiger charge is 2.15. The highest BCUT2D eigenvalue weighted by molar-refractivity contribution is 6.10. The lowest BCUT2D eigenvalue weighted by Gasteiger charge is -2.13. The number of rotatable bonds is 5. The molecule has 0 unspecified atom stereocenters. The Morgan fingerprint density at radius 1 is 0.250 bits per heavy atom. The molecule has 242 valence electrons. The lowest BCUT2D eigenvalue weighted by atomic mass is 9.96. The summed E-state index contributed by atoms with van der Waals surface area (Å²) >= 11 is 0. The number of pyridine rings is 4. The maximum Gasteiger partial charge on any atom is 0.0978 e. The Bertz CT molecular complexity index is 2940. The minimum absolute atomic E-state index is 0.882. The number of benzene rings is 6. The maximum absolute atomic E-state index is 5.37. The highest BCUT2D eigenvalue weighted by atomic mass is 14.8. The van der Waals surface area contributed by atoms with Crippen LogP contribution < -0.4 is 0 Å². The zero-order valence-corrected chi connectivity index (χ0v) is 28.1. The van der Waals surface area contributed by atoms with Crippen LogP contribution in [-0.2, 0) is 0 Å². The highest BCUT2D eigenvalue weighted by Crippen LogP contribution is 2.37. The van der Waals surface area contributed by atoms with E-state index in [4.69, 9.17) is 19.9 Å². The predicted octanol–water partition coefficient (Wildman–Crippen LogP) is 12.2. The lowest BCUT2D eigenvalue weighted by molar-refractivity contribution is 1.35. The molecule has 0 amide bonds. The Labute approximate surface area is 300 Å². The summed E-state index contributed by atoms with van der Waals surface area (Å²) in [5, 5.41) is 4.25. The van der Waals surface area contributed by atoms with Crippen molar-refractivity contribution in [2.45, 2.75) is 0 Å². The van der Waals surface area contributed by atoms with E-state index in [2.05, 4.69) is 146 Å². The Hall–Kier alpha value is -7.04. The number of hydrogen-bond acceptors (Lipinski definition) is 4. The van der Waals surface area contributed by atoms with E-state index in [1.807, 2.05) is 36.4 Å². The molecule has 0 aliphatic heterocycles. The Morgan fingerprint density at radius 3 is 1.17 bits per heavy atom. The molecule has 10 rings (SSSR count). The summed E-state index contributed by atoms with van der Waals surface area (Å²) in [6.07, 6.45) is 0. The molecule has 0 spiro atoms. The second-order valence-electron chi connectivity index (χ2n) is 13.1. The van der Waals surface area contributed by atoms with Crippen molar-refractivity contribution >= 4 is 43.6 Å². The first-order chi connectivity index (χ1) is 25.7. The molecule has 0 radical (unpaired) electrons. The summed E-state index contributed by atoms with van der Waals surface area (Å²) in [7, 11) is 0. The third kappa shape index (κ3) is 5.26. The number of hydrogen-bond donors (Lipinski definition) is 0. The fourth-order valence-electron chi connectivity index (χ4n) is 7.18. The van der Waals surface area contributed by atoms with Crippen LogP contribution in [0.1, 0.15) is 0 Å². The van der Waals surface area contributed by atoms with Crippen molar-refractivity contribution in [1.82, 2.24) is 19.9 Å². The predicted molar refractivity (Wildman–Crippen MR) is 215 cm³/mol. The largest absolute Gasteiger partial charge is 0.245 e. The van der Waals surface area contributed by atoms with Gasteiger partial charge in [0, 0.05) is 43.8 Å². The maximum atomic E-state index is 5.37. The van der Waals surface area contributed by atoms with Crippen LogP contribution in [0.15, 0.2) is 182 Å². The third-order valence-corrected chi connectivity index (χ3v) is 9.84.